The Bertz CT molecular complexity index is 727. The number of carbonyl (C=O) groups excluding carboxylic acids is 1. The molecule has 0 radical (unpaired) electrons. The lowest BCUT2D eigenvalue weighted by atomic mass is 10.1. The maximum Gasteiger partial charge on any atom is 0.269 e. The second-order valence-corrected chi connectivity index (χ2v) is 6.33. The van der Waals surface area contributed by atoms with Gasteiger partial charge in [0.25, 0.3) is 5.91 Å². The first-order chi connectivity index (χ1) is 13.1. The highest BCUT2D eigenvalue weighted by Gasteiger charge is 2.08. The van der Waals surface area contributed by atoms with Gasteiger partial charge in [0.05, 0.1) is 11.9 Å². The van der Waals surface area contributed by atoms with Crippen LogP contribution in [0, 0.1) is 6.92 Å². The number of carbonyl (C=O) groups is 1. The number of amides is 1. The number of anilines is 3. The van der Waals surface area contributed by atoms with E-state index in [1.165, 1.54) is 11.3 Å². The van der Waals surface area contributed by atoms with Crippen molar-refractivity contribution in [1.82, 2.24) is 10.3 Å². The molecule has 0 aliphatic heterocycles. The molecule has 1 aromatic carbocycles. The molecule has 6 heteroatoms. The Morgan fingerprint density at radius 2 is 1.96 bits per heavy atom. The average molecular weight is 370 g/mol. The lowest BCUT2D eigenvalue weighted by molar-refractivity contribution is 0.0943. The third-order valence-corrected chi connectivity index (χ3v) is 4.42. The van der Waals surface area contributed by atoms with Crippen LogP contribution in [-0.2, 0) is 4.74 Å². The lowest BCUT2D eigenvalue weighted by Crippen LogP contribution is -2.26. The fraction of sp³-hybridized carbons (Fsp3) is 0.429. The summed E-state index contributed by atoms with van der Waals surface area (Å²) < 4.78 is 4.97. The number of aryl methyl sites for hydroxylation is 1. The van der Waals surface area contributed by atoms with E-state index in [0.29, 0.717) is 18.8 Å². The number of hydrogen-bond donors (Lipinski definition) is 2. The summed E-state index contributed by atoms with van der Waals surface area (Å²) in [5, 5.41) is 6.20. The third-order valence-electron chi connectivity index (χ3n) is 4.42. The Kier molecular flexibility index (Phi) is 8.07. The van der Waals surface area contributed by atoms with Gasteiger partial charge in [0.2, 0.25) is 0 Å². The molecule has 1 heterocycles. The molecule has 0 saturated heterocycles. The first-order valence-electron chi connectivity index (χ1n) is 9.44. The molecule has 0 fully saturated rings. The highest BCUT2D eigenvalue weighted by atomic mass is 16.5. The summed E-state index contributed by atoms with van der Waals surface area (Å²) in [7, 11) is 1.65. The van der Waals surface area contributed by atoms with Gasteiger partial charge in [-0.15, -0.1) is 0 Å². The fourth-order valence-corrected chi connectivity index (χ4v) is 2.84. The van der Waals surface area contributed by atoms with E-state index in [4.69, 9.17) is 4.74 Å². The van der Waals surface area contributed by atoms with Crippen molar-refractivity contribution in [2.75, 3.05) is 43.6 Å². The first-order valence-corrected chi connectivity index (χ1v) is 9.44. The van der Waals surface area contributed by atoms with Crippen LogP contribution in [0.4, 0.5) is 17.1 Å². The molecule has 27 heavy (non-hydrogen) atoms. The minimum atomic E-state index is -0.169. The molecule has 2 aromatic rings. The normalized spacial score (nSPS) is 10.5. The van der Waals surface area contributed by atoms with E-state index in [9.17, 15) is 4.79 Å². The minimum Gasteiger partial charge on any atom is -0.385 e. The zero-order valence-corrected chi connectivity index (χ0v) is 16.7. The summed E-state index contributed by atoms with van der Waals surface area (Å²) in [4.78, 5) is 18.6. The Balaban J connectivity index is 1.99. The Hall–Kier alpha value is -2.60. The van der Waals surface area contributed by atoms with E-state index in [1.54, 1.807) is 19.4 Å². The van der Waals surface area contributed by atoms with Crippen molar-refractivity contribution in [3.63, 3.8) is 0 Å². The predicted octanol–water partition coefficient (Wildman–Crippen LogP) is 3.75. The average Bonchev–Trinajstić information content (AvgIpc) is 2.68. The molecule has 1 aromatic heterocycles. The standard InChI is InChI=1S/C21H30N4O2/c1-5-25(6-2)18-9-11-19(16(3)14-18)24-17-8-10-20(23-15-17)21(26)22-12-7-13-27-4/h8-11,14-15,24H,5-7,12-13H2,1-4H3,(H,22,26). The van der Waals surface area contributed by atoms with Crippen LogP contribution in [-0.4, -0.2) is 44.2 Å². The van der Waals surface area contributed by atoms with E-state index in [1.807, 2.05) is 6.07 Å². The molecular formula is C21H30N4O2. The monoisotopic (exact) mass is 370 g/mol. The Morgan fingerprint density at radius 3 is 2.56 bits per heavy atom. The molecule has 2 N–H and O–H groups in total. The molecular weight excluding hydrogens is 340 g/mol. The van der Waals surface area contributed by atoms with Crippen LogP contribution in [0.25, 0.3) is 0 Å². The van der Waals surface area contributed by atoms with E-state index in [0.717, 1.165) is 30.9 Å². The molecule has 0 aliphatic carbocycles. The lowest BCUT2D eigenvalue weighted by Gasteiger charge is -2.22. The van der Waals surface area contributed by atoms with Crippen LogP contribution in [0.1, 0.15) is 36.3 Å². The smallest absolute Gasteiger partial charge is 0.269 e. The van der Waals surface area contributed by atoms with Gasteiger partial charge in [-0.2, -0.15) is 0 Å². The molecule has 0 unspecified atom stereocenters. The number of methoxy groups -OCH3 is 1. The number of nitrogens with one attached hydrogen (secondary N) is 2. The van der Waals surface area contributed by atoms with Gasteiger partial charge in [0, 0.05) is 44.7 Å². The predicted molar refractivity (Wildman–Crippen MR) is 111 cm³/mol. The quantitative estimate of drug-likeness (QED) is 0.624. The topological polar surface area (TPSA) is 66.5 Å². The van der Waals surface area contributed by atoms with Gasteiger partial charge in [0.1, 0.15) is 5.69 Å². The Labute approximate surface area is 161 Å². The van der Waals surface area contributed by atoms with Gasteiger partial charge in [-0.1, -0.05) is 0 Å². The van der Waals surface area contributed by atoms with Gasteiger partial charge in [-0.3, -0.25) is 4.79 Å². The maximum absolute atomic E-state index is 12.1. The summed E-state index contributed by atoms with van der Waals surface area (Å²) in [6, 6.07) is 9.99. The van der Waals surface area contributed by atoms with Crippen molar-refractivity contribution in [3.05, 3.63) is 47.8 Å². The molecule has 0 saturated carbocycles. The fourth-order valence-electron chi connectivity index (χ4n) is 2.84. The van der Waals surface area contributed by atoms with Crippen LogP contribution in [0.2, 0.25) is 0 Å². The van der Waals surface area contributed by atoms with Crippen molar-refractivity contribution in [1.29, 1.82) is 0 Å². The van der Waals surface area contributed by atoms with E-state index in [2.05, 4.69) is 59.5 Å². The molecule has 0 atom stereocenters. The summed E-state index contributed by atoms with van der Waals surface area (Å²) in [5.74, 6) is -0.169. The van der Waals surface area contributed by atoms with Crippen molar-refractivity contribution in [2.24, 2.45) is 0 Å². The van der Waals surface area contributed by atoms with Crippen LogP contribution in [0.3, 0.4) is 0 Å². The number of rotatable bonds is 10. The van der Waals surface area contributed by atoms with Gasteiger partial charge in [0.15, 0.2) is 0 Å². The second kappa shape index (κ2) is 10.5. The number of hydrogen-bond acceptors (Lipinski definition) is 5. The van der Waals surface area contributed by atoms with Crippen LogP contribution < -0.4 is 15.5 Å². The summed E-state index contributed by atoms with van der Waals surface area (Å²) in [6.45, 7) is 9.58. The number of pyridine rings is 1. The van der Waals surface area contributed by atoms with Crippen molar-refractivity contribution < 1.29 is 9.53 Å². The summed E-state index contributed by atoms with van der Waals surface area (Å²) in [5.41, 5.74) is 4.68. The zero-order chi connectivity index (χ0) is 19.6. The van der Waals surface area contributed by atoms with E-state index >= 15 is 0 Å². The molecule has 6 nitrogen and oxygen atoms in total. The van der Waals surface area contributed by atoms with Crippen molar-refractivity contribution >= 4 is 23.0 Å². The van der Waals surface area contributed by atoms with Crippen molar-refractivity contribution in [2.45, 2.75) is 27.2 Å². The largest absolute Gasteiger partial charge is 0.385 e. The zero-order valence-electron chi connectivity index (χ0n) is 16.7. The molecule has 2 rings (SSSR count). The summed E-state index contributed by atoms with van der Waals surface area (Å²) in [6.07, 6.45) is 2.46. The van der Waals surface area contributed by atoms with Gasteiger partial charge < -0.3 is 20.3 Å². The molecule has 0 aliphatic rings. The van der Waals surface area contributed by atoms with E-state index < -0.39 is 0 Å². The number of aromatic nitrogens is 1. The molecule has 1 amide bonds. The SMILES string of the molecule is CCN(CC)c1ccc(Nc2ccc(C(=O)NCCCOC)nc2)c(C)c1. The molecule has 0 bridgehead atoms. The summed E-state index contributed by atoms with van der Waals surface area (Å²) >= 11 is 0. The Morgan fingerprint density at radius 1 is 1.19 bits per heavy atom. The first kappa shape index (κ1) is 20.7. The van der Waals surface area contributed by atoms with Crippen molar-refractivity contribution in [3.8, 4) is 0 Å². The number of benzene rings is 1. The molecule has 146 valence electrons. The molecule has 0 spiro atoms. The maximum atomic E-state index is 12.1. The highest BCUT2D eigenvalue weighted by Crippen LogP contribution is 2.25. The van der Waals surface area contributed by atoms with Crippen LogP contribution in [0.5, 0.6) is 0 Å². The van der Waals surface area contributed by atoms with Crippen LogP contribution in [0.15, 0.2) is 36.5 Å². The second-order valence-electron chi connectivity index (χ2n) is 6.33. The third kappa shape index (κ3) is 5.96. The van der Waals surface area contributed by atoms with Gasteiger partial charge >= 0.3 is 0 Å². The minimum absolute atomic E-state index is 0.169. The van der Waals surface area contributed by atoms with Gasteiger partial charge in [-0.25, -0.2) is 4.98 Å². The van der Waals surface area contributed by atoms with E-state index in [-0.39, 0.29) is 5.91 Å². The highest BCUT2D eigenvalue weighted by molar-refractivity contribution is 5.92. The number of nitrogens with zero attached hydrogens (tertiary/aromatic N) is 2. The van der Waals surface area contributed by atoms with Crippen LogP contribution >= 0.6 is 0 Å². The number of ether oxygens (including phenoxy) is 1. The van der Waals surface area contributed by atoms with Gasteiger partial charge in [-0.05, 0) is 63.1 Å².